The molecule has 0 aliphatic rings. The van der Waals surface area contributed by atoms with E-state index < -0.39 is 0 Å². The molecule has 1 aromatic heterocycles. The zero-order valence-electron chi connectivity index (χ0n) is 9.16. The number of rotatable bonds is 3. The summed E-state index contributed by atoms with van der Waals surface area (Å²) < 4.78 is 5.63. The van der Waals surface area contributed by atoms with Gasteiger partial charge in [-0.1, -0.05) is 13.0 Å². The molecule has 0 aliphatic carbocycles. The lowest BCUT2D eigenvalue weighted by Crippen LogP contribution is -2.21. The third kappa shape index (κ3) is 2.18. The van der Waals surface area contributed by atoms with Gasteiger partial charge in [0.05, 0.1) is 0 Å². The van der Waals surface area contributed by atoms with E-state index in [-0.39, 0.29) is 6.04 Å². The zero-order valence-corrected chi connectivity index (χ0v) is 9.16. The fourth-order valence-electron chi connectivity index (χ4n) is 1.54. The van der Waals surface area contributed by atoms with Crippen molar-refractivity contribution in [1.82, 2.24) is 4.98 Å². The predicted octanol–water partition coefficient (Wildman–Crippen LogP) is 2.42. The van der Waals surface area contributed by atoms with Crippen molar-refractivity contribution in [1.29, 1.82) is 0 Å². The summed E-state index contributed by atoms with van der Waals surface area (Å²) in [7, 11) is 0. The molecule has 2 rings (SSSR count). The van der Waals surface area contributed by atoms with Crippen LogP contribution in [0.15, 0.2) is 22.6 Å². The molecule has 0 saturated carbocycles. The molecule has 0 amide bonds. The Bertz CT molecular complexity index is 462. The van der Waals surface area contributed by atoms with Gasteiger partial charge in [0.2, 0.25) is 0 Å². The topological polar surface area (TPSA) is 52.0 Å². The second-order valence-corrected chi connectivity index (χ2v) is 3.95. The van der Waals surface area contributed by atoms with Crippen LogP contribution in [-0.2, 0) is 6.42 Å². The largest absolute Gasteiger partial charge is 0.441 e. The normalized spacial score (nSPS) is 13.3. The Hall–Kier alpha value is -1.35. The number of benzene rings is 1. The Balaban J connectivity index is 2.30. The van der Waals surface area contributed by atoms with Crippen LogP contribution < -0.4 is 5.73 Å². The van der Waals surface area contributed by atoms with Gasteiger partial charge >= 0.3 is 0 Å². The first-order valence-corrected chi connectivity index (χ1v) is 5.30. The average molecular weight is 204 g/mol. The van der Waals surface area contributed by atoms with Crippen molar-refractivity contribution in [3.63, 3.8) is 0 Å². The van der Waals surface area contributed by atoms with Crippen molar-refractivity contribution < 1.29 is 4.42 Å². The third-order valence-corrected chi connectivity index (χ3v) is 2.55. The van der Waals surface area contributed by atoms with E-state index in [1.165, 1.54) is 5.56 Å². The number of aromatic nitrogens is 1. The lowest BCUT2D eigenvalue weighted by atomic mass is 10.2. The highest BCUT2D eigenvalue weighted by atomic mass is 16.3. The maximum absolute atomic E-state index is 5.86. The van der Waals surface area contributed by atoms with Gasteiger partial charge < -0.3 is 10.2 Å². The molecular formula is C12H16N2O. The molecule has 1 heterocycles. The van der Waals surface area contributed by atoms with Crippen LogP contribution in [-0.4, -0.2) is 11.0 Å². The van der Waals surface area contributed by atoms with Gasteiger partial charge in [-0.3, -0.25) is 0 Å². The van der Waals surface area contributed by atoms with Gasteiger partial charge in [0.25, 0.3) is 0 Å². The van der Waals surface area contributed by atoms with E-state index in [2.05, 4.69) is 11.9 Å². The van der Waals surface area contributed by atoms with E-state index in [1.54, 1.807) is 0 Å². The molecule has 0 saturated heterocycles. The Morgan fingerprint density at radius 2 is 2.27 bits per heavy atom. The highest BCUT2D eigenvalue weighted by molar-refractivity contribution is 5.73. The summed E-state index contributed by atoms with van der Waals surface area (Å²) in [6.45, 7) is 4.11. The molecule has 80 valence electrons. The molecule has 0 aliphatic heterocycles. The number of aryl methyl sites for hydroxylation is 1. The number of oxazole rings is 1. The average Bonchev–Trinajstić information content (AvgIpc) is 2.59. The van der Waals surface area contributed by atoms with Gasteiger partial charge in [0.15, 0.2) is 11.5 Å². The van der Waals surface area contributed by atoms with Crippen molar-refractivity contribution >= 4 is 11.1 Å². The van der Waals surface area contributed by atoms with Crippen LogP contribution in [0, 0.1) is 6.92 Å². The number of fused-ring (bicyclic) bond motifs is 1. The molecule has 15 heavy (non-hydrogen) atoms. The van der Waals surface area contributed by atoms with E-state index in [4.69, 9.17) is 10.2 Å². The SMILES string of the molecule is CCC(N)Cc1nc2ccc(C)cc2o1. The number of nitrogens with two attached hydrogens (primary N) is 1. The minimum absolute atomic E-state index is 0.138. The molecule has 3 heteroatoms. The summed E-state index contributed by atoms with van der Waals surface area (Å²) in [5, 5.41) is 0. The molecule has 3 nitrogen and oxygen atoms in total. The molecule has 0 radical (unpaired) electrons. The molecular weight excluding hydrogens is 188 g/mol. The minimum atomic E-state index is 0.138. The molecule has 0 bridgehead atoms. The van der Waals surface area contributed by atoms with Crippen LogP contribution in [0.2, 0.25) is 0 Å². The van der Waals surface area contributed by atoms with Crippen LogP contribution in [0.25, 0.3) is 11.1 Å². The Labute approximate surface area is 89.3 Å². The van der Waals surface area contributed by atoms with Crippen LogP contribution in [0.3, 0.4) is 0 Å². The summed E-state index contributed by atoms with van der Waals surface area (Å²) in [6.07, 6.45) is 1.65. The molecule has 1 aromatic carbocycles. The maximum Gasteiger partial charge on any atom is 0.197 e. The standard InChI is InChI=1S/C12H16N2O/c1-3-9(13)7-12-14-10-5-4-8(2)6-11(10)15-12/h4-6,9H,3,7,13H2,1-2H3. The van der Waals surface area contributed by atoms with Crippen molar-refractivity contribution in [2.45, 2.75) is 32.7 Å². The summed E-state index contributed by atoms with van der Waals surface area (Å²) in [5.74, 6) is 0.741. The molecule has 0 spiro atoms. The quantitative estimate of drug-likeness (QED) is 0.835. The fraction of sp³-hybridized carbons (Fsp3) is 0.417. The highest BCUT2D eigenvalue weighted by Crippen LogP contribution is 2.17. The third-order valence-electron chi connectivity index (χ3n) is 2.55. The number of nitrogens with zero attached hydrogens (tertiary/aromatic N) is 1. The first-order chi connectivity index (χ1) is 7.19. The Morgan fingerprint density at radius 1 is 1.47 bits per heavy atom. The maximum atomic E-state index is 5.86. The monoisotopic (exact) mass is 204 g/mol. The van der Waals surface area contributed by atoms with E-state index in [0.29, 0.717) is 6.42 Å². The molecule has 0 fully saturated rings. The first-order valence-electron chi connectivity index (χ1n) is 5.30. The molecule has 1 unspecified atom stereocenters. The second kappa shape index (κ2) is 4.03. The number of hydrogen-bond acceptors (Lipinski definition) is 3. The lowest BCUT2D eigenvalue weighted by Gasteiger charge is -2.03. The van der Waals surface area contributed by atoms with Crippen molar-refractivity contribution in [2.24, 2.45) is 5.73 Å². The summed E-state index contributed by atoms with van der Waals surface area (Å²) in [5.41, 5.74) is 8.81. The van der Waals surface area contributed by atoms with Crippen molar-refractivity contribution in [3.8, 4) is 0 Å². The Kier molecular flexibility index (Phi) is 2.73. The zero-order chi connectivity index (χ0) is 10.8. The molecule has 2 aromatic rings. The summed E-state index contributed by atoms with van der Waals surface area (Å²) >= 11 is 0. The van der Waals surface area contributed by atoms with Gasteiger partial charge in [0.1, 0.15) is 5.52 Å². The van der Waals surface area contributed by atoms with Crippen LogP contribution in [0.5, 0.6) is 0 Å². The van der Waals surface area contributed by atoms with Gasteiger partial charge in [-0.05, 0) is 31.0 Å². The molecule has 1 atom stereocenters. The van der Waals surface area contributed by atoms with E-state index in [9.17, 15) is 0 Å². The second-order valence-electron chi connectivity index (χ2n) is 3.95. The van der Waals surface area contributed by atoms with Crippen LogP contribution in [0.1, 0.15) is 24.8 Å². The lowest BCUT2D eigenvalue weighted by molar-refractivity contribution is 0.491. The minimum Gasteiger partial charge on any atom is -0.441 e. The van der Waals surface area contributed by atoms with E-state index >= 15 is 0 Å². The number of hydrogen-bond donors (Lipinski definition) is 1. The van der Waals surface area contributed by atoms with E-state index in [0.717, 1.165) is 23.4 Å². The smallest absolute Gasteiger partial charge is 0.197 e. The van der Waals surface area contributed by atoms with Gasteiger partial charge in [0, 0.05) is 12.5 Å². The predicted molar refractivity (Wildman–Crippen MR) is 60.7 cm³/mol. The van der Waals surface area contributed by atoms with Crippen molar-refractivity contribution in [3.05, 3.63) is 29.7 Å². The van der Waals surface area contributed by atoms with Crippen molar-refractivity contribution in [2.75, 3.05) is 0 Å². The van der Waals surface area contributed by atoms with E-state index in [1.807, 2.05) is 25.1 Å². The van der Waals surface area contributed by atoms with Gasteiger partial charge in [-0.2, -0.15) is 0 Å². The first kappa shape index (κ1) is 10.2. The van der Waals surface area contributed by atoms with Gasteiger partial charge in [-0.25, -0.2) is 4.98 Å². The summed E-state index contributed by atoms with van der Waals surface area (Å²) in [4.78, 5) is 4.40. The van der Waals surface area contributed by atoms with Crippen LogP contribution in [0.4, 0.5) is 0 Å². The Morgan fingerprint density at radius 3 is 3.00 bits per heavy atom. The fourth-order valence-corrected chi connectivity index (χ4v) is 1.54. The molecule has 2 N–H and O–H groups in total. The van der Waals surface area contributed by atoms with Crippen LogP contribution >= 0.6 is 0 Å². The van der Waals surface area contributed by atoms with Gasteiger partial charge in [-0.15, -0.1) is 0 Å². The summed E-state index contributed by atoms with van der Waals surface area (Å²) in [6, 6.07) is 6.16. The highest BCUT2D eigenvalue weighted by Gasteiger charge is 2.08.